The highest BCUT2D eigenvalue weighted by Crippen LogP contribution is 2.16. The average Bonchev–Trinajstić information content (AvgIpc) is 2.29. The lowest BCUT2D eigenvalue weighted by molar-refractivity contribution is -0.134. The van der Waals surface area contributed by atoms with Crippen molar-refractivity contribution in [3.05, 3.63) is 41.0 Å². The van der Waals surface area contributed by atoms with Gasteiger partial charge in [0.15, 0.2) is 11.6 Å². The van der Waals surface area contributed by atoms with Crippen molar-refractivity contribution in [1.29, 1.82) is 0 Å². The highest BCUT2D eigenvalue weighted by atomic mass is 19.2. The minimum Gasteiger partial charge on any atom is -0.478 e. The highest BCUT2D eigenvalue weighted by Gasteiger charge is 2.13. The molecule has 0 spiro atoms. The maximum absolute atomic E-state index is 12.9. The van der Waals surface area contributed by atoms with Crippen LogP contribution in [0.15, 0.2) is 18.2 Å². The minimum absolute atomic E-state index is 0.123. The summed E-state index contributed by atoms with van der Waals surface area (Å²) in [6.45, 7) is 0. The maximum Gasteiger partial charge on any atom is 0.336 e. The summed E-state index contributed by atoms with van der Waals surface area (Å²) in [4.78, 5) is 21.6. The number of carboxylic acids is 1. The van der Waals surface area contributed by atoms with E-state index in [0.717, 1.165) is 19.3 Å². The number of ether oxygens (including phenoxy) is 1. The number of methoxy groups -OCH3 is 1. The number of halogens is 2. The predicted octanol–water partition coefficient (Wildman–Crippen LogP) is 1.85. The fourth-order valence-electron chi connectivity index (χ4n) is 1.11. The van der Waals surface area contributed by atoms with E-state index < -0.39 is 29.1 Å². The molecule has 0 saturated heterocycles. The molecule has 0 unspecified atom stereocenters. The molecule has 0 radical (unpaired) electrons. The Labute approximate surface area is 95.1 Å². The quantitative estimate of drug-likeness (QED) is 0.649. The van der Waals surface area contributed by atoms with E-state index in [2.05, 4.69) is 4.74 Å². The second kappa shape index (κ2) is 5.20. The van der Waals surface area contributed by atoms with Gasteiger partial charge in [-0.05, 0) is 23.8 Å². The Morgan fingerprint density at radius 2 is 1.88 bits per heavy atom. The van der Waals surface area contributed by atoms with Gasteiger partial charge in [-0.1, -0.05) is 0 Å². The van der Waals surface area contributed by atoms with Gasteiger partial charge in [0.05, 0.1) is 12.7 Å². The van der Waals surface area contributed by atoms with E-state index in [-0.39, 0.29) is 5.56 Å². The van der Waals surface area contributed by atoms with Crippen LogP contribution >= 0.6 is 0 Å². The normalized spacial score (nSPS) is 10.5. The molecule has 0 aliphatic heterocycles. The van der Waals surface area contributed by atoms with Gasteiger partial charge in [-0.25, -0.2) is 18.4 Å². The molecule has 0 bridgehead atoms. The second-order valence-electron chi connectivity index (χ2n) is 3.02. The molecule has 17 heavy (non-hydrogen) atoms. The molecule has 90 valence electrons. The van der Waals surface area contributed by atoms with Crippen molar-refractivity contribution in [2.45, 2.75) is 0 Å². The van der Waals surface area contributed by atoms with Crippen LogP contribution in [0.3, 0.4) is 0 Å². The number of carbonyl (C=O) groups is 2. The molecular formula is C11H8F2O4. The van der Waals surface area contributed by atoms with Crippen LogP contribution in [0.4, 0.5) is 8.78 Å². The van der Waals surface area contributed by atoms with Crippen molar-refractivity contribution in [2.24, 2.45) is 0 Å². The summed E-state index contributed by atoms with van der Waals surface area (Å²) >= 11 is 0. The predicted molar refractivity (Wildman–Crippen MR) is 54.4 cm³/mol. The van der Waals surface area contributed by atoms with Crippen molar-refractivity contribution < 1.29 is 28.2 Å². The molecule has 6 heteroatoms. The van der Waals surface area contributed by atoms with Crippen LogP contribution in [0.25, 0.3) is 6.08 Å². The largest absolute Gasteiger partial charge is 0.478 e. The topological polar surface area (TPSA) is 63.6 Å². The van der Waals surface area contributed by atoms with E-state index in [1.54, 1.807) is 0 Å². The molecule has 0 heterocycles. The third-order valence-electron chi connectivity index (χ3n) is 1.92. The van der Waals surface area contributed by atoms with Gasteiger partial charge in [0, 0.05) is 6.08 Å². The molecular weight excluding hydrogens is 234 g/mol. The third-order valence-corrected chi connectivity index (χ3v) is 1.92. The zero-order chi connectivity index (χ0) is 13.0. The van der Waals surface area contributed by atoms with E-state index in [4.69, 9.17) is 5.11 Å². The van der Waals surface area contributed by atoms with E-state index >= 15 is 0 Å². The first-order valence-corrected chi connectivity index (χ1v) is 4.44. The molecule has 0 saturated carbocycles. The fourth-order valence-corrected chi connectivity index (χ4v) is 1.11. The Bertz CT molecular complexity index is 494. The summed E-state index contributed by atoms with van der Waals surface area (Å²) < 4.78 is 30.0. The van der Waals surface area contributed by atoms with Gasteiger partial charge in [0.2, 0.25) is 0 Å². The summed E-state index contributed by atoms with van der Waals surface area (Å²) in [6.07, 6.45) is 1.96. The third kappa shape index (κ3) is 3.10. The van der Waals surface area contributed by atoms with Crippen molar-refractivity contribution in [3.8, 4) is 0 Å². The lowest BCUT2D eigenvalue weighted by atomic mass is 10.1. The first kappa shape index (κ1) is 12.8. The van der Waals surface area contributed by atoms with Crippen molar-refractivity contribution in [3.63, 3.8) is 0 Å². The van der Waals surface area contributed by atoms with Gasteiger partial charge in [-0.3, -0.25) is 0 Å². The molecule has 0 amide bonds. The molecule has 1 aromatic rings. The second-order valence-corrected chi connectivity index (χ2v) is 3.02. The number of carboxylic acid groups (broad SMARTS) is 1. The van der Waals surface area contributed by atoms with Gasteiger partial charge in [0.25, 0.3) is 0 Å². The summed E-state index contributed by atoms with van der Waals surface area (Å²) in [5.41, 5.74) is -0.564. The minimum atomic E-state index is -1.42. The number of benzene rings is 1. The highest BCUT2D eigenvalue weighted by molar-refractivity contribution is 5.94. The maximum atomic E-state index is 12.9. The van der Waals surface area contributed by atoms with Gasteiger partial charge in [-0.2, -0.15) is 0 Å². The fraction of sp³-hybridized carbons (Fsp3) is 0.0909. The summed E-state index contributed by atoms with van der Waals surface area (Å²) in [5, 5.41) is 8.76. The number of aromatic carboxylic acids is 1. The smallest absolute Gasteiger partial charge is 0.336 e. The average molecular weight is 242 g/mol. The van der Waals surface area contributed by atoms with Gasteiger partial charge in [0.1, 0.15) is 0 Å². The molecule has 4 nitrogen and oxygen atoms in total. The zero-order valence-electron chi connectivity index (χ0n) is 8.74. The molecule has 0 aliphatic rings. The van der Waals surface area contributed by atoms with Crippen LogP contribution in [-0.2, 0) is 9.53 Å². The molecule has 0 atom stereocenters. The first-order chi connectivity index (χ1) is 7.95. The number of hydrogen-bond acceptors (Lipinski definition) is 3. The molecule has 0 aliphatic carbocycles. The van der Waals surface area contributed by atoms with E-state index in [1.807, 2.05) is 0 Å². The van der Waals surface area contributed by atoms with E-state index in [1.165, 1.54) is 0 Å². The van der Waals surface area contributed by atoms with Crippen LogP contribution in [0.1, 0.15) is 15.9 Å². The van der Waals surface area contributed by atoms with Crippen molar-refractivity contribution in [2.75, 3.05) is 7.11 Å². The Hall–Kier alpha value is -2.24. The van der Waals surface area contributed by atoms with Crippen LogP contribution < -0.4 is 0 Å². The van der Waals surface area contributed by atoms with Crippen LogP contribution in [0, 0.1) is 11.6 Å². The number of hydrogen-bond donors (Lipinski definition) is 1. The standard InChI is InChI=1S/C11H8F2O4/c1-17-10(14)3-2-6-4-8(12)9(13)5-7(6)11(15)16/h2-5H,1H3,(H,15,16). The van der Waals surface area contributed by atoms with E-state index in [0.29, 0.717) is 12.1 Å². The van der Waals surface area contributed by atoms with Crippen molar-refractivity contribution in [1.82, 2.24) is 0 Å². The van der Waals surface area contributed by atoms with E-state index in [9.17, 15) is 18.4 Å². The van der Waals surface area contributed by atoms with Gasteiger partial charge < -0.3 is 9.84 Å². The Morgan fingerprint density at radius 3 is 2.41 bits per heavy atom. The lowest BCUT2D eigenvalue weighted by Gasteiger charge is -2.02. The molecule has 0 aromatic heterocycles. The lowest BCUT2D eigenvalue weighted by Crippen LogP contribution is -2.03. The number of esters is 1. The number of carbonyl (C=O) groups excluding carboxylic acids is 1. The SMILES string of the molecule is COC(=O)C=Cc1cc(F)c(F)cc1C(=O)O. The summed E-state index contributed by atoms with van der Waals surface area (Å²) in [5.74, 6) is -4.61. The molecule has 1 aromatic carbocycles. The van der Waals surface area contributed by atoms with Gasteiger partial charge >= 0.3 is 11.9 Å². The number of rotatable bonds is 3. The van der Waals surface area contributed by atoms with Gasteiger partial charge in [-0.15, -0.1) is 0 Å². The molecule has 1 rings (SSSR count). The molecule has 1 N–H and O–H groups in total. The first-order valence-electron chi connectivity index (χ1n) is 4.44. The Kier molecular flexibility index (Phi) is 3.92. The van der Waals surface area contributed by atoms with Crippen LogP contribution in [0.2, 0.25) is 0 Å². The Morgan fingerprint density at radius 1 is 1.29 bits per heavy atom. The van der Waals surface area contributed by atoms with Crippen LogP contribution in [0.5, 0.6) is 0 Å². The molecule has 0 fully saturated rings. The van der Waals surface area contributed by atoms with Crippen molar-refractivity contribution >= 4 is 18.0 Å². The Balaban J connectivity index is 3.22. The summed E-state index contributed by atoms with van der Waals surface area (Å²) in [7, 11) is 1.13. The zero-order valence-corrected chi connectivity index (χ0v) is 8.74. The summed E-state index contributed by atoms with van der Waals surface area (Å²) in [6, 6.07) is 1.24. The van der Waals surface area contributed by atoms with Crippen LogP contribution in [-0.4, -0.2) is 24.2 Å². The monoisotopic (exact) mass is 242 g/mol.